The molecule has 0 unspecified atom stereocenters. The van der Waals surface area contributed by atoms with Crippen molar-refractivity contribution in [3.05, 3.63) is 59.7 Å². The molecule has 0 aromatic heterocycles. The SMILES string of the molecule is COc1ccc(NC(=O)COc2ccccc2C=C2C(=O)NC(=S)NC2=O)cc1. The van der Waals surface area contributed by atoms with E-state index in [1.54, 1.807) is 55.6 Å². The fraction of sp³-hybridized carbons (Fsp3) is 0.100. The standard InChI is InChI=1S/C20H17N3O5S/c1-27-14-8-6-13(7-9-14)21-17(24)11-28-16-5-3-2-4-12(16)10-15-18(25)22-20(29)23-19(15)26/h2-10H,11H2,1H3,(H,21,24)(H2,22,23,25,26,29). The highest BCUT2D eigenvalue weighted by Crippen LogP contribution is 2.22. The summed E-state index contributed by atoms with van der Waals surface area (Å²) in [6.07, 6.45) is 1.38. The Morgan fingerprint density at radius 2 is 1.72 bits per heavy atom. The van der Waals surface area contributed by atoms with Crippen LogP contribution >= 0.6 is 12.2 Å². The quantitative estimate of drug-likeness (QED) is 0.379. The molecule has 29 heavy (non-hydrogen) atoms. The zero-order valence-corrected chi connectivity index (χ0v) is 16.2. The molecule has 0 radical (unpaired) electrons. The van der Waals surface area contributed by atoms with Crippen LogP contribution in [-0.4, -0.2) is 36.6 Å². The molecule has 3 N–H and O–H groups in total. The maximum atomic E-state index is 12.2. The van der Waals surface area contributed by atoms with Crippen LogP contribution in [0.1, 0.15) is 5.56 Å². The molecule has 0 saturated carbocycles. The van der Waals surface area contributed by atoms with E-state index in [-0.39, 0.29) is 23.2 Å². The predicted molar refractivity (Wildman–Crippen MR) is 110 cm³/mol. The van der Waals surface area contributed by atoms with Gasteiger partial charge in [0.15, 0.2) is 11.7 Å². The third-order valence-corrected chi connectivity index (χ3v) is 4.10. The number of nitrogens with one attached hydrogen (secondary N) is 3. The van der Waals surface area contributed by atoms with E-state index in [1.165, 1.54) is 6.08 Å². The molecule has 148 valence electrons. The molecule has 0 spiro atoms. The number of anilines is 1. The molecular formula is C20H17N3O5S. The fourth-order valence-electron chi connectivity index (χ4n) is 2.51. The van der Waals surface area contributed by atoms with Crippen LogP contribution < -0.4 is 25.4 Å². The molecule has 1 saturated heterocycles. The molecule has 0 atom stereocenters. The van der Waals surface area contributed by atoms with Gasteiger partial charge < -0.3 is 14.8 Å². The topological polar surface area (TPSA) is 106 Å². The smallest absolute Gasteiger partial charge is 0.263 e. The largest absolute Gasteiger partial charge is 0.497 e. The summed E-state index contributed by atoms with van der Waals surface area (Å²) in [6.45, 7) is -0.255. The van der Waals surface area contributed by atoms with E-state index in [9.17, 15) is 14.4 Å². The lowest BCUT2D eigenvalue weighted by atomic mass is 10.1. The first kappa shape index (κ1) is 20.0. The first-order valence-corrected chi connectivity index (χ1v) is 8.91. The number of hydrogen-bond donors (Lipinski definition) is 3. The van der Waals surface area contributed by atoms with E-state index >= 15 is 0 Å². The lowest BCUT2D eigenvalue weighted by molar-refractivity contribution is -0.123. The zero-order chi connectivity index (χ0) is 20.8. The van der Waals surface area contributed by atoms with Gasteiger partial charge in [-0.2, -0.15) is 0 Å². The van der Waals surface area contributed by atoms with E-state index in [0.717, 1.165) is 0 Å². The van der Waals surface area contributed by atoms with Gasteiger partial charge in [-0.25, -0.2) is 0 Å². The number of ether oxygens (including phenoxy) is 2. The summed E-state index contributed by atoms with van der Waals surface area (Å²) in [4.78, 5) is 36.2. The average Bonchev–Trinajstić information content (AvgIpc) is 2.70. The van der Waals surface area contributed by atoms with Crippen molar-refractivity contribution in [2.24, 2.45) is 0 Å². The lowest BCUT2D eigenvalue weighted by Gasteiger charge is -2.17. The van der Waals surface area contributed by atoms with Crippen LogP contribution in [0, 0.1) is 0 Å². The van der Waals surface area contributed by atoms with Crippen molar-refractivity contribution < 1.29 is 23.9 Å². The Hall–Kier alpha value is -3.72. The summed E-state index contributed by atoms with van der Waals surface area (Å²) in [5.74, 6) is -0.552. The zero-order valence-electron chi connectivity index (χ0n) is 15.4. The van der Waals surface area contributed by atoms with Gasteiger partial charge in [-0.3, -0.25) is 25.0 Å². The Labute approximate surface area is 171 Å². The van der Waals surface area contributed by atoms with Crippen LogP contribution in [0.5, 0.6) is 11.5 Å². The van der Waals surface area contributed by atoms with Crippen molar-refractivity contribution >= 4 is 46.8 Å². The first-order chi connectivity index (χ1) is 14.0. The number of carbonyl (C=O) groups is 3. The molecule has 1 aliphatic rings. The summed E-state index contributed by atoms with van der Waals surface area (Å²) in [7, 11) is 1.56. The minimum absolute atomic E-state index is 0.0445. The summed E-state index contributed by atoms with van der Waals surface area (Å²) in [5.41, 5.74) is 0.955. The van der Waals surface area contributed by atoms with Crippen molar-refractivity contribution in [1.29, 1.82) is 0 Å². The third kappa shape index (κ3) is 5.17. The minimum Gasteiger partial charge on any atom is -0.497 e. The van der Waals surface area contributed by atoms with E-state index in [1.807, 2.05) is 0 Å². The highest BCUT2D eigenvalue weighted by Gasteiger charge is 2.26. The molecule has 0 aliphatic carbocycles. The second-order valence-electron chi connectivity index (χ2n) is 5.90. The van der Waals surface area contributed by atoms with Crippen molar-refractivity contribution in [2.75, 3.05) is 19.0 Å². The number of methoxy groups -OCH3 is 1. The Morgan fingerprint density at radius 3 is 2.38 bits per heavy atom. The number of benzene rings is 2. The molecule has 9 heteroatoms. The molecule has 1 heterocycles. The highest BCUT2D eigenvalue weighted by molar-refractivity contribution is 7.80. The Bertz CT molecular complexity index is 979. The molecule has 2 aromatic carbocycles. The monoisotopic (exact) mass is 411 g/mol. The van der Waals surface area contributed by atoms with Crippen molar-refractivity contribution in [3.8, 4) is 11.5 Å². The number of hydrogen-bond acceptors (Lipinski definition) is 6. The molecule has 8 nitrogen and oxygen atoms in total. The maximum Gasteiger partial charge on any atom is 0.263 e. The number of thiocarbonyl (C=S) groups is 1. The van der Waals surface area contributed by atoms with Gasteiger partial charge in [0.1, 0.15) is 17.1 Å². The van der Waals surface area contributed by atoms with Crippen LogP contribution in [0.15, 0.2) is 54.1 Å². The van der Waals surface area contributed by atoms with Crippen LogP contribution in [0.25, 0.3) is 6.08 Å². The number of para-hydroxylation sites is 1. The van der Waals surface area contributed by atoms with Crippen LogP contribution in [0.2, 0.25) is 0 Å². The summed E-state index contributed by atoms with van der Waals surface area (Å²) >= 11 is 4.77. The third-order valence-electron chi connectivity index (χ3n) is 3.89. The van der Waals surface area contributed by atoms with Gasteiger partial charge in [0.2, 0.25) is 0 Å². The van der Waals surface area contributed by atoms with Crippen molar-refractivity contribution in [3.63, 3.8) is 0 Å². The van der Waals surface area contributed by atoms with Gasteiger partial charge in [0.05, 0.1) is 7.11 Å². The predicted octanol–water partition coefficient (Wildman–Crippen LogP) is 1.63. The van der Waals surface area contributed by atoms with E-state index < -0.39 is 11.8 Å². The van der Waals surface area contributed by atoms with Gasteiger partial charge >= 0.3 is 0 Å². The summed E-state index contributed by atoms with van der Waals surface area (Å²) < 4.78 is 10.6. The second-order valence-corrected chi connectivity index (χ2v) is 6.31. The maximum absolute atomic E-state index is 12.2. The minimum atomic E-state index is -0.606. The van der Waals surface area contributed by atoms with Crippen molar-refractivity contribution in [2.45, 2.75) is 0 Å². The Balaban J connectivity index is 1.68. The van der Waals surface area contributed by atoms with Gasteiger partial charge in [-0.1, -0.05) is 18.2 Å². The number of carbonyl (C=O) groups excluding carboxylic acids is 3. The van der Waals surface area contributed by atoms with Gasteiger partial charge in [0.25, 0.3) is 17.7 Å². The van der Waals surface area contributed by atoms with Crippen LogP contribution in [0.4, 0.5) is 5.69 Å². The molecule has 2 aromatic rings. The number of amides is 3. The second kappa shape index (κ2) is 8.98. The average molecular weight is 411 g/mol. The van der Waals surface area contributed by atoms with Gasteiger partial charge in [0, 0.05) is 11.3 Å². The Kier molecular flexibility index (Phi) is 6.20. The van der Waals surface area contributed by atoms with E-state index in [2.05, 4.69) is 16.0 Å². The highest BCUT2D eigenvalue weighted by atomic mass is 32.1. The van der Waals surface area contributed by atoms with Crippen LogP contribution in [0.3, 0.4) is 0 Å². The molecule has 1 aliphatic heterocycles. The summed E-state index contributed by atoms with van der Waals surface area (Å²) in [5, 5.41) is 7.39. The molecule has 3 rings (SSSR count). The molecule has 3 amide bonds. The van der Waals surface area contributed by atoms with E-state index in [0.29, 0.717) is 22.7 Å². The fourth-order valence-corrected chi connectivity index (χ4v) is 2.69. The number of rotatable bonds is 6. The van der Waals surface area contributed by atoms with Gasteiger partial charge in [-0.15, -0.1) is 0 Å². The van der Waals surface area contributed by atoms with E-state index in [4.69, 9.17) is 21.7 Å². The summed E-state index contributed by atoms with van der Waals surface area (Å²) in [6, 6.07) is 13.6. The van der Waals surface area contributed by atoms with Crippen molar-refractivity contribution in [1.82, 2.24) is 10.6 Å². The van der Waals surface area contributed by atoms with Gasteiger partial charge in [-0.05, 0) is 48.6 Å². The normalized spacial score (nSPS) is 13.3. The molecular weight excluding hydrogens is 394 g/mol. The Morgan fingerprint density at radius 1 is 1.07 bits per heavy atom. The molecule has 1 fully saturated rings. The lowest BCUT2D eigenvalue weighted by Crippen LogP contribution is -2.51. The first-order valence-electron chi connectivity index (χ1n) is 8.50. The van der Waals surface area contributed by atoms with Crippen LogP contribution in [-0.2, 0) is 14.4 Å². The molecule has 0 bridgehead atoms.